The number of cyclic esters (lactones) is 1. The van der Waals surface area contributed by atoms with Gasteiger partial charge in [-0.3, -0.25) is 0 Å². The Kier molecular flexibility index (Phi) is 3.88. The maximum absolute atomic E-state index is 11.3. The number of rotatable bonds is 3. The molecule has 4 rings (SSSR count). The van der Waals surface area contributed by atoms with Crippen molar-refractivity contribution < 1.29 is 19.4 Å². The second-order valence-corrected chi connectivity index (χ2v) is 8.42. The van der Waals surface area contributed by atoms with E-state index in [9.17, 15) is 9.90 Å². The number of allylic oxidation sites excluding steroid dienone is 1. The highest BCUT2D eigenvalue weighted by atomic mass is 16.6. The van der Waals surface area contributed by atoms with Crippen molar-refractivity contribution in [3.05, 3.63) is 23.3 Å². The summed E-state index contributed by atoms with van der Waals surface area (Å²) in [5.41, 5.74) is 2.43. The van der Waals surface area contributed by atoms with Crippen molar-refractivity contribution in [3.8, 4) is 0 Å². The minimum Gasteiger partial charge on any atom is -0.458 e. The molecule has 2 heterocycles. The first-order valence-corrected chi connectivity index (χ1v) is 9.32. The molecule has 132 valence electrons. The zero-order valence-electron chi connectivity index (χ0n) is 14.7. The monoisotopic (exact) mass is 332 g/mol. The molecule has 2 aliphatic carbocycles. The Labute approximate surface area is 143 Å². The van der Waals surface area contributed by atoms with E-state index in [1.165, 1.54) is 5.57 Å². The Hall–Kier alpha value is -1.13. The predicted molar refractivity (Wildman–Crippen MR) is 90.0 cm³/mol. The number of aliphatic hydroxyl groups excluding tert-OH is 1. The van der Waals surface area contributed by atoms with Crippen LogP contribution in [0.25, 0.3) is 0 Å². The van der Waals surface area contributed by atoms with Gasteiger partial charge in [0.2, 0.25) is 0 Å². The Morgan fingerprint density at radius 2 is 2.17 bits per heavy atom. The van der Waals surface area contributed by atoms with E-state index in [0.29, 0.717) is 25.0 Å². The molecule has 1 saturated carbocycles. The van der Waals surface area contributed by atoms with E-state index in [0.717, 1.165) is 44.1 Å². The van der Waals surface area contributed by atoms with Crippen LogP contribution in [0.3, 0.4) is 0 Å². The zero-order valence-corrected chi connectivity index (χ0v) is 14.7. The lowest BCUT2D eigenvalue weighted by atomic mass is 9.46. The number of carbonyl (C=O) groups is 1. The number of carbonyl (C=O) groups excluding carboxylic acids is 1. The van der Waals surface area contributed by atoms with Gasteiger partial charge in [0.1, 0.15) is 6.61 Å². The lowest BCUT2D eigenvalue weighted by Crippen LogP contribution is -2.54. The molecule has 2 fully saturated rings. The molecular weight excluding hydrogens is 304 g/mol. The number of ether oxygens (including phenoxy) is 2. The summed E-state index contributed by atoms with van der Waals surface area (Å²) in [7, 11) is 0. The van der Waals surface area contributed by atoms with Crippen molar-refractivity contribution in [2.45, 2.75) is 58.7 Å². The molecule has 4 aliphatic rings. The summed E-state index contributed by atoms with van der Waals surface area (Å²) >= 11 is 0. The predicted octanol–water partition coefficient (Wildman–Crippen LogP) is 3.36. The van der Waals surface area contributed by atoms with Gasteiger partial charge in [0, 0.05) is 11.5 Å². The fourth-order valence-electron chi connectivity index (χ4n) is 5.85. The minimum absolute atomic E-state index is 0.152. The quantitative estimate of drug-likeness (QED) is 0.636. The average molecular weight is 332 g/mol. The molecule has 0 amide bonds. The summed E-state index contributed by atoms with van der Waals surface area (Å²) in [5, 5.41) is 10.7. The first-order valence-electron chi connectivity index (χ1n) is 9.32. The lowest BCUT2D eigenvalue weighted by Gasteiger charge is -2.58. The Bertz CT molecular complexity index is 607. The summed E-state index contributed by atoms with van der Waals surface area (Å²) in [6.45, 7) is 5.80. The maximum Gasteiger partial charge on any atom is 0.331 e. The van der Waals surface area contributed by atoms with E-state index in [2.05, 4.69) is 19.9 Å². The lowest BCUT2D eigenvalue weighted by molar-refractivity contribution is -0.179. The third-order valence-electron chi connectivity index (χ3n) is 7.52. The van der Waals surface area contributed by atoms with E-state index in [-0.39, 0.29) is 16.8 Å². The number of hydrogen-bond donors (Lipinski definition) is 1. The highest BCUT2D eigenvalue weighted by Crippen LogP contribution is 2.65. The second kappa shape index (κ2) is 5.70. The summed E-state index contributed by atoms with van der Waals surface area (Å²) < 4.78 is 10.7. The molecular formula is C20H28O4. The summed E-state index contributed by atoms with van der Waals surface area (Å²) in [6.07, 6.45) is 9.64. The van der Waals surface area contributed by atoms with Crippen molar-refractivity contribution in [2.24, 2.45) is 22.7 Å². The molecule has 1 saturated heterocycles. The van der Waals surface area contributed by atoms with Gasteiger partial charge < -0.3 is 14.6 Å². The van der Waals surface area contributed by atoms with Gasteiger partial charge in [-0.15, -0.1) is 0 Å². The fourth-order valence-corrected chi connectivity index (χ4v) is 5.85. The van der Waals surface area contributed by atoms with Gasteiger partial charge in [-0.1, -0.05) is 19.9 Å². The van der Waals surface area contributed by atoms with Crippen LogP contribution in [0.4, 0.5) is 0 Å². The maximum atomic E-state index is 11.3. The fraction of sp³-hybridized carbons (Fsp3) is 0.750. The van der Waals surface area contributed by atoms with E-state index < -0.39 is 6.29 Å². The molecule has 4 nitrogen and oxygen atoms in total. The molecule has 5 atom stereocenters. The van der Waals surface area contributed by atoms with Crippen LogP contribution in [0.2, 0.25) is 0 Å². The van der Waals surface area contributed by atoms with Crippen LogP contribution in [-0.2, 0) is 14.3 Å². The van der Waals surface area contributed by atoms with Crippen molar-refractivity contribution >= 4 is 5.97 Å². The molecule has 0 radical (unpaired) electrons. The number of esters is 1. The van der Waals surface area contributed by atoms with Crippen LogP contribution in [0, 0.1) is 22.7 Å². The Morgan fingerprint density at radius 3 is 2.92 bits per heavy atom. The minimum atomic E-state index is -0.656. The van der Waals surface area contributed by atoms with Gasteiger partial charge >= 0.3 is 5.97 Å². The first kappa shape index (κ1) is 16.3. The second-order valence-electron chi connectivity index (χ2n) is 8.42. The van der Waals surface area contributed by atoms with Gasteiger partial charge in [-0.2, -0.15) is 0 Å². The highest BCUT2D eigenvalue weighted by molar-refractivity contribution is 5.85. The van der Waals surface area contributed by atoms with E-state index in [1.807, 2.05) is 0 Å². The van der Waals surface area contributed by atoms with Crippen molar-refractivity contribution in [3.63, 3.8) is 0 Å². The van der Waals surface area contributed by atoms with Gasteiger partial charge in [0.25, 0.3) is 0 Å². The molecule has 0 bridgehead atoms. The van der Waals surface area contributed by atoms with E-state index in [1.54, 1.807) is 6.08 Å². The highest BCUT2D eigenvalue weighted by Gasteiger charge is 2.61. The topological polar surface area (TPSA) is 55.8 Å². The third kappa shape index (κ3) is 2.22. The van der Waals surface area contributed by atoms with Crippen LogP contribution in [0.5, 0.6) is 0 Å². The third-order valence-corrected chi connectivity index (χ3v) is 7.52. The molecule has 1 N–H and O–H groups in total. The smallest absolute Gasteiger partial charge is 0.331 e. The molecule has 1 spiro atoms. The molecule has 4 heteroatoms. The molecule has 2 aliphatic heterocycles. The standard InChI is InChI=1S/C20H28O4/c1-13-6-9-20-15(12-24-18(20)22)4-3-5-16(20)19(13,2)8-7-14-10-17(21)23-11-14/h4,10,13,16,18,22H,3,5-9,11-12H2,1-2H3/t13-,16-,18+,19+,20+/m0/s1. The van der Waals surface area contributed by atoms with Crippen LogP contribution < -0.4 is 0 Å². The van der Waals surface area contributed by atoms with Gasteiger partial charge in [-0.25, -0.2) is 4.79 Å². The van der Waals surface area contributed by atoms with Gasteiger partial charge in [0.15, 0.2) is 6.29 Å². The van der Waals surface area contributed by atoms with Crippen molar-refractivity contribution in [2.75, 3.05) is 13.2 Å². The Morgan fingerprint density at radius 1 is 1.33 bits per heavy atom. The van der Waals surface area contributed by atoms with Crippen LogP contribution in [0.15, 0.2) is 23.3 Å². The van der Waals surface area contributed by atoms with Crippen LogP contribution in [-0.4, -0.2) is 30.6 Å². The van der Waals surface area contributed by atoms with Crippen LogP contribution in [0.1, 0.15) is 52.4 Å². The molecule has 0 aromatic rings. The number of hydrogen-bond acceptors (Lipinski definition) is 4. The number of aliphatic hydroxyl groups is 1. The summed E-state index contributed by atoms with van der Waals surface area (Å²) in [6, 6.07) is 0. The summed E-state index contributed by atoms with van der Waals surface area (Å²) in [5.74, 6) is 0.856. The normalized spacial score (nSPS) is 44.5. The van der Waals surface area contributed by atoms with Gasteiger partial charge in [0.05, 0.1) is 6.61 Å². The molecule has 0 unspecified atom stereocenters. The largest absolute Gasteiger partial charge is 0.458 e. The molecule has 0 aromatic carbocycles. The van der Waals surface area contributed by atoms with E-state index >= 15 is 0 Å². The van der Waals surface area contributed by atoms with E-state index in [4.69, 9.17) is 9.47 Å². The van der Waals surface area contributed by atoms with Crippen LogP contribution >= 0.6 is 0 Å². The molecule has 0 aromatic heterocycles. The first-order chi connectivity index (χ1) is 11.5. The van der Waals surface area contributed by atoms with Gasteiger partial charge in [-0.05, 0) is 66.9 Å². The summed E-state index contributed by atoms with van der Waals surface area (Å²) in [4.78, 5) is 11.3. The SMILES string of the molecule is C[C@H]1CC[C@@]23C(=CCC[C@H]2[C@]1(C)CCC1=CC(=O)OC1)CO[C@H]3O. The Balaban J connectivity index is 1.62. The molecule has 24 heavy (non-hydrogen) atoms. The van der Waals surface area contributed by atoms with Crippen molar-refractivity contribution in [1.29, 1.82) is 0 Å². The zero-order chi connectivity index (χ0) is 16.9. The average Bonchev–Trinajstić information content (AvgIpc) is 3.13. The van der Waals surface area contributed by atoms with Crippen molar-refractivity contribution in [1.82, 2.24) is 0 Å².